The summed E-state index contributed by atoms with van der Waals surface area (Å²) < 4.78 is 22.1. The maximum atomic E-state index is 11.8. The first-order valence-corrected chi connectivity index (χ1v) is 12.0. The molecular formula is C28H30N2O5S. The Labute approximate surface area is 216 Å². The van der Waals surface area contributed by atoms with E-state index in [2.05, 4.69) is 17.1 Å². The van der Waals surface area contributed by atoms with Crippen LogP contribution in [0.25, 0.3) is 0 Å². The fourth-order valence-corrected chi connectivity index (χ4v) is 4.60. The maximum Gasteiger partial charge on any atom is 0.337 e. The minimum absolute atomic E-state index is 0.167. The van der Waals surface area contributed by atoms with Gasteiger partial charge in [-0.15, -0.1) is 0 Å². The molecule has 7 nitrogen and oxygen atoms in total. The van der Waals surface area contributed by atoms with Crippen LogP contribution in [0, 0.1) is 6.92 Å². The number of nitrogens with one attached hydrogen (secondary N) is 1. The molecule has 0 amide bonds. The van der Waals surface area contributed by atoms with E-state index in [1.807, 2.05) is 36.4 Å². The average Bonchev–Trinajstić information content (AvgIpc) is 2.91. The topological polar surface area (TPSA) is 69.3 Å². The summed E-state index contributed by atoms with van der Waals surface area (Å²) in [6, 6.07) is 18.9. The van der Waals surface area contributed by atoms with Gasteiger partial charge < -0.3 is 29.2 Å². The fraction of sp³-hybridized carbons (Fsp3) is 0.286. The molecule has 0 radical (unpaired) electrons. The third kappa shape index (κ3) is 5.54. The van der Waals surface area contributed by atoms with E-state index in [0.717, 1.165) is 29.8 Å². The first-order chi connectivity index (χ1) is 17.4. The molecular weight excluding hydrogens is 476 g/mol. The van der Waals surface area contributed by atoms with Crippen molar-refractivity contribution in [2.75, 3.05) is 39.8 Å². The van der Waals surface area contributed by atoms with Crippen LogP contribution in [0.5, 0.6) is 17.2 Å². The molecule has 0 saturated heterocycles. The average molecular weight is 507 g/mol. The van der Waals surface area contributed by atoms with Gasteiger partial charge >= 0.3 is 5.97 Å². The van der Waals surface area contributed by atoms with Gasteiger partial charge in [-0.2, -0.15) is 0 Å². The zero-order chi connectivity index (χ0) is 25.7. The summed E-state index contributed by atoms with van der Waals surface area (Å²) in [5, 5.41) is 3.99. The van der Waals surface area contributed by atoms with Crippen LogP contribution in [0.4, 0.5) is 5.69 Å². The van der Waals surface area contributed by atoms with Crippen LogP contribution in [-0.2, 0) is 11.2 Å². The summed E-state index contributed by atoms with van der Waals surface area (Å²) >= 11 is 5.85. The highest BCUT2D eigenvalue weighted by Gasteiger charge is 2.31. The standard InChI is InChI=1S/C28H30N2O5S/c1-18-5-9-21(10-6-18)29-28(36)30-14-13-20-15-25(32-2)26(33-3)16-23(20)24(30)17-35-22-11-7-19(8-12-22)27(31)34-4/h5-12,15-16,24H,13-14,17H2,1-4H3,(H,29,36). The summed E-state index contributed by atoms with van der Waals surface area (Å²) in [6.07, 6.45) is 0.801. The van der Waals surface area contributed by atoms with E-state index in [0.29, 0.717) is 34.5 Å². The van der Waals surface area contributed by atoms with Crippen LogP contribution in [0.1, 0.15) is 33.1 Å². The molecule has 4 rings (SSSR count). The first kappa shape index (κ1) is 25.3. The van der Waals surface area contributed by atoms with Crippen molar-refractivity contribution in [3.63, 3.8) is 0 Å². The molecule has 0 bridgehead atoms. The van der Waals surface area contributed by atoms with Crippen molar-refractivity contribution in [2.45, 2.75) is 19.4 Å². The Balaban J connectivity index is 1.61. The van der Waals surface area contributed by atoms with Gasteiger partial charge in [-0.05, 0) is 85.2 Å². The molecule has 0 fully saturated rings. The number of carbonyl (C=O) groups excluding carboxylic acids is 1. The van der Waals surface area contributed by atoms with Crippen molar-refractivity contribution < 1.29 is 23.7 Å². The van der Waals surface area contributed by atoms with Crippen LogP contribution in [0.15, 0.2) is 60.7 Å². The number of hydrogen-bond donors (Lipinski definition) is 1. The second kappa shape index (κ2) is 11.3. The van der Waals surface area contributed by atoms with Crippen molar-refractivity contribution >= 4 is 29.0 Å². The lowest BCUT2D eigenvalue weighted by atomic mass is 9.92. The first-order valence-electron chi connectivity index (χ1n) is 11.6. The Morgan fingerprint density at radius 3 is 2.31 bits per heavy atom. The molecule has 3 aromatic rings. The molecule has 1 aliphatic rings. The number of esters is 1. The number of rotatable bonds is 7. The molecule has 3 aromatic carbocycles. The molecule has 0 saturated carbocycles. The van der Waals surface area contributed by atoms with E-state index in [4.69, 9.17) is 31.2 Å². The Morgan fingerprint density at radius 1 is 1.00 bits per heavy atom. The van der Waals surface area contributed by atoms with Crippen LogP contribution in [-0.4, -0.2) is 50.5 Å². The fourth-order valence-electron chi connectivity index (χ4n) is 4.26. The Morgan fingerprint density at radius 2 is 1.67 bits per heavy atom. The van der Waals surface area contributed by atoms with Gasteiger partial charge in [0.25, 0.3) is 0 Å². The van der Waals surface area contributed by atoms with Gasteiger partial charge in [0.15, 0.2) is 16.6 Å². The van der Waals surface area contributed by atoms with Crippen molar-refractivity contribution in [1.29, 1.82) is 0 Å². The number of aryl methyl sites for hydroxylation is 1. The van der Waals surface area contributed by atoms with Crippen LogP contribution >= 0.6 is 12.2 Å². The summed E-state index contributed by atoms with van der Waals surface area (Å²) in [4.78, 5) is 13.9. The minimum atomic E-state index is -0.387. The number of ether oxygens (including phenoxy) is 4. The van der Waals surface area contributed by atoms with Gasteiger partial charge in [0.2, 0.25) is 0 Å². The second-order valence-corrected chi connectivity index (χ2v) is 8.88. The lowest BCUT2D eigenvalue weighted by Crippen LogP contribution is -2.44. The van der Waals surface area contributed by atoms with E-state index in [1.54, 1.807) is 38.5 Å². The maximum absolute atomic E-state index is 11.8. The number of fused-ring (bicyclic) bond motifs is 1. The molecule has 1 N–H and O–H groups in total. The largest absolute Gasteiger partial charge is 0.493 e. The third-order valence-corrected chi connectivity index (χ3v) is 6.59. The molecule has 1 aliphatic heterocycles. The van der Waals surface area contributed by atoms with Crippen LogP contribution < -0.4 is 19.5 Å². The van der Waals surface area contributed by atoms with Gasteiger partial charge in [-0.1, -0.05) is 17.7 Å². The van der Waals surface area contributed by atoms with Gasteiger partial charge in [0.05, 0.1) is 32.9 Å². The van der Waals surface area contributed by atoms with Crippen molar-refractivity contribution in [3.8, 4) is 17.2 Å². The Kier molecular flexibility index (Phi) is 7.95. The molecule has 1 unspecified atom stereocenters. The highest BCUT2D eigenvalue weighted by Crippen LogP contribution is 2.38. The smallest absolute Gasteiger partial charge is 0.337 e. The third-order valence-electron chi connectivity index (χ3n) is 6.25. The number of anilines is 1. The zero-order valence-electron chi connectivity index (χ0n) is 20.9. The molecule has 1 atom stereocenters. The zero-order valence-corrected chi connectivity index (χ0v) is 21.7. The summed E-state index contributed by atoms with van der Waals surface area (Å²) in [5.41, 5.74) is 4.82. The van der Waals surface area contributed by atoms with E-state index in [-0.39, 0.29) is 12.0 Å². The monoisotopic (exact) mass is 506 g/mol. The second-order valence-electron chi connectivity index (χ2n) is 8.49. The number of benzene rings is 3. The molecule has 0 spiro atoms. The van der Waals surface area contributed by atoms with E-state index < -0.39 is 0 Å². The lowest BCUT2D eigenvalue weighted by molar-refractivity contribution is 0.0600. The Bertz CT molecular complexity index is 1230. The van der Waals surface area contributed by atoms with Crippen LogP contribution in [0.2, 0.25) is 0 Å². The number of thiocarbonyl (C=S) groups is 1. The molecule has 0 aliphatic carbocycles. The quantitative estimate of drug-likeness (QED) is 0.348. The number of nitrogens with zero attached hydrogens (tertiary/aromatic N) is 1. The predicted molar refractivity (Wildman–Crippen MR) is 143 cm³/mol. The van der Waals surface area contributed by atoms with Gasteiger partial charge in [-0.25, -0.2) is 4.79 Å². The molecule has 0 aromatic heterocycles. The SMILES string of the molecule is COC(=O)c1ccc(OCC2c3cc(OC)c(OC)cc3CCN2C(=S)Nc2ccc(C)cc2)cc1. The van der Waals surface area contributed by atoms with Gasteiger partial charge in [0, 0.05) is 12.2 Å². The van der Waals surface area contributed by atoms with Crippen LogP contribution in [0.3, 0.4) is 0 Å². The minimum Gasteiger partial charge on any atom is -0.493 e. The van der Waals surface area contributed by atoms with E-state index >= 15 is 0 Å². The lowest BCUT2D eigenvalue weighted by Gasteiger charge is -2.39. The molecule has 8 heteroatoms. The van der Waals surface area contributed by atoms with E-state index in [9.17, 15) is 4.79 Å². The van der Waals surface area contributed by atoms with Crippen molar-refractivity contribution in [3.05, 3.63) is 82.9 Å². The molecule has 1 heterocycles. The summed E-state index contributed by atoms with van der Waals surface area (Å²) in [7, 11) is 4.63. The summed E-state index contributed by atoms with van der Waals surface area (Å²) in [6.45, 7) is 3.11. The van der Waals surface area contributed by atoms with E-state index in [1.165, 1.54) is 12.7 Å². The van der Waals surface area contributed by atoms with Gasteiger partial charge in [0.1, 0.15) is 12.4 Å². The van der Waals surface area contributed by atoms with Gasteiger partial charge in [-0.3, -0.25) is 0 Å². The molecule has 188 valence electrons. The van der Waals surface area contributed by atoms with Crippen molar-refractivity contribution in [1.82, 2.24) is 4.90 Å². The molecule has 36 heavy (non-hydrogen) atoms. The normalized spacial score (nSPS) is 14.4. The number of carbonyl (C=O) groups is 1. The summed E-state index contributed by atoms with van der Waals surface area (Å²) in [5.74, 6) is 1.61. The number of methoxy groups -OCH3 is 3. The number of hydrogen-bond acceptors (Lipinski definition) is 6. The predicted octanol–water partition coefficient (Wildman–Crippen LogP) is 5.17. The highest BCUT2D eigenvalue weighted by atomic mass is 32.1. The Hall–Kier alpha value is -3.78. The van der Waals surface area contributed by atoms with Crippen molar-refractivity contribution in [2.24, 2.45) is 0 Å². The highest BCUT2D eigenvalue weighted by molar-refractivity contribution is 7.80.